The number of fused-ring (bicyclic) bond motifs is 9. The van der Waals surface area contributed by atoms with Crippen molar-refractivity contribution in [2.24, 2.45) is 11.5 Å². The van der Waals surface area contributed by atoms with E-state index in [0.29, 0.717) is 12.5 Å². The Balaban J connectivity index is 0.000000135. The molecule has 99 heavy (non-hydrogen) atoms. The molecule has 8 nitrogen and oxygen atoms in total. The molecule has 0 saturated carbocycles. The minimum Gasteiger partial charge on any atom is -0.391 e. The maximum atomic E-state index is 13.1. The van der Waals surface area contributed by atoms with Crippen LogP contribution in [0.2, 0.25) is 0 Å². The molecular formula is C84H103Br2F5N2O6. The molecule has 15 rings (SSSR count). The van der Waals surface area contributed by atoms with Crippen molar-refractivity contribution in [2.45, 2.75) is 254 Å². The van der Waals surface area contributed by atoms with Crippen LogP contribution >= 0.6 is 31.9 Å². The molecule has 7 aliphatic carbocycles. The van der Waals surface area contributed by atoms with E-state index in [1.807, 2.05) is 50.3 Å². The van der Waals surface area contributed by atoms with E-state index in [1.54, 1.807) is 48.5 Å². The first kappa shape index (κ1) is 77.7. The number of hydrogen-bond acceptors (Lipinski definition) is 8. The Morgan fingerprint density at radius 1 is 0.364 bits per heavy atom. The first-order chi connectivity index (χ1) is 46.0. The summed E-state index contributed by atoms with van der Waals surface area (Å²) >= 11 is 6.88. The van der Waals surface area contributed by atoms with Crippen LogP contribution in [0.5, 0.6) is 0 Å². The molecule has 0 aromatic heterocycles. The van der Waals surface area contributed by atoms with Crippen LogP contribution in [0.1, 0.15) is 276 Å². The van der Waals surface area contributed by atoms with Crippen LogP contribution in [-0.2, 0) is 42.6 Å². The Morgan fingerprint density at radius 3 is 1.20 bits per heavy atom. The van der Waals surface area contributed by atoms with Crippen molar-refractivity contribution in [3.8, 4) is 0 Å². The van der Waals surface area contributed by atoms with Gasteiger partial charge in [0, 0.05) is 8.95 Å². The normalized spacial score (nSPS) is 26.0. The SMILES string of the molecule is CC1(C)CC2OC2c2cc(F)ccc21.CC1(C)CC=Cc2cc(F)ccc21.CC1(C)CCC(O)c2cc(Br)ccc21.CC1(C)CCC(O)c2cc(F)ccc21.CC1(C)CCC(O)c2ccc(F)cc21.CC1(C)C[C@@H](O)[C@H](N)c2cc(Br)ccc21.CC1(C)C[C@@H](O)[C@H](N)c2cc(F)ccc21. The highest BCUT2D eigenvalue weighted by Gasteiger charge is 2.50. The molecule has 0 radical (unpaired) electrons. The average molecular weight is 1490 g/mol. The van der Waals surface area contributed by atoms with Crippen LogP contribution < -0.4 is 11.5 Å². The lowest BCUT2D eigenvalue weighted by Crippen LogP contribution is -2.39. The van der Waals surface area contributed by atoms with Crippen molar-refractivity contribution in [1.29, 1.82) is 0 Å². The molecule has 9 N–H and O–H groups in total. The largest absolute Gasteiger partial charge is 0.391 e. The number of aliphatic hydroxyl groups excluding tert-OH is 5. The molecule has 1 fully saturated rings. The number of aliphatic hydroxyl groups is 5. The van der Waals surface area contributed by atoms with E-state index < -0.39 is 30.5 Å². The zero-order valence-corrected chi connectivity index (χ0v) is 63.2. The van der Waals surface area contributed by atoms with Gasteiger partial charge in [-0.1, -0.05) is 183 Å². The Morgan fingerprint density at radius 2 is 0.707 bits per heavy atom. The molecule has 534 valence electrons. The smallest absolute Gasteiger partial charge is 0.123 e. The Hall–Kier alpha value is -5.43. The van der Waals surface area contributed by atoms with Crippen molar-refractivity contribution in [3.63, 3.8) is 0 Å². The third-order valence-electron chi connectivity index (χ3n) is 21.9. The van der Waals surface area contributed by atoms with E-state index in [2.05, 4.69) is 139 Å². The van der Waals surface area contributed by atoms with Gasteiger partial charge in [0.2, 0.25) is 0 Å². The molecule has 7 aromatic carbocycles. The standard InChI is InChI=1S/C12H16BrNO.C12H15BrO.C12H16FNO.C12H13FO.2C12H15FO.C12H13F/c1-12(2)6-10(15)11(14)8-5-7(13)3-4-9(8)12;1-12(2)6-5-11(14)9-7-8(13)3-4-10(9)12;1-12(2)6-10(15)11(14)8-5-7(13)3-4-9(8)12;1-12(2)6-10-11(14-10)8-5-7(13)3-4-9(8)12;1-12(2)6-5-11(14)9-7-8(13)3-4-10(9)12;1-12(2)6-5-11(14)9-4-3-8(13)7-10(9)12;1-12(2)7-3-4-9-8-10(13)5-6-11(9)12/h3-5,10-11,15H,6,14H2,1-2H3;3-4,7,11,14H,5-6H2,1-2H3;3-5,10-11,15H,6,14H2,1-2H3;3-5,10-11H,6H2,1-2H3;2*3-4,7,11,14H,5-6H2,1-2H3;3-6,8H,7H2,1-2H3/t10-,11-;;10-,11-;;;;/m1.1..../s1. The molecule has 7 aromatic rings. The fourth-order valence-electron chi connectivity index (χ4n) is 15.9. The summed E-state index contributed by atoms with van der Waals surface area (Å²) in [7, 11) is 0. The van der Waals surface area contributed by atoms with Gasteiger partial charge in [0.15, 0.2) is 0 Å². The quantitative estimate of drug-likeness (QED) is 0.0582. The second kappa shape index (κ2) is 30.1. The number of nitrogens with two attached hydrogens (primary N) is 2. The number of halogens is 7. The minimum absolute atomic E-state index is 0.00528. The van der Waals surface area contributed by atoms with Crippen LogP contribution in [0.15, 0.2) is 142 Å². The van der Waals surface area contributed by atoms with Crippen LogP contribution in [-0.4, -0.2) is 43.8 Å². The van der Waals surface area contributed by atoms with Gasteiger partial charge in [-0.25, -0.2) is 22.0 Å². The maximum Gasteiger partial charge on any atom is 0.123 e. The van der Waals surface area contributed by atoms with Gasteiger partial charge in [-0.15, -0.1) is 0 Å². The van der Waals surface area contributed by atoms with Crippen LogP contribution in [0, 0.1) is 29.1 Å². The molecule has 5 unspecified atom stereocenters. The third kappa shape index (κ3) is 18.0. The lowest BCUT2D eigenvalue weighted by molar-refractivity contribution is 0.0990. The van der Waals surface area contributed by atoms with Crippen molar-refractivity contribution in [3.05, 3.63) is 249 Å². The summed E-state index contributed by atoms with van der Waals surface area (Å²) in [4.78, 5) is 0. The average Bonchev–Trinajstić information content (AvgIpc) is 1.62. The molecule has 0 spiro atoms. The van der Waals surface area contributed by atoms with Gasteiger partial charge in [-0.05, 0) is 265 Å². The van der Waals surface area contributed by atoms with E-state index in [0.717, 1.165) is 122 Å². The van der Waals surface area contributed by atoms with Crippen LogP contribution in [0.25, 0.3) is 6.08 Å². The molecule has 0 amide bonds. The molecule has 0 bridgehead atoms. The van der Waals surface area contributed by atoms with Gasteiger partial charge in [0.25, 0.3) is 0 Å². The zero-order chi connectivity index (χ0) is 72.9. The fraction of sp³-hybridized carbons (Fsp3) is 0.476. The summed E-state index contributed by atoms with van der Waals surface area (Å²) in [5.41, 5.74) is 27.0. The highest BCUT2D eigenvalue weighted by atomic mass is 79.9. The number of epoxide rings is 1. The van der Waals surface area contributed by atoms with E-state index >= 15 is 0 Å². The molecule has 1 heterocycles. The third-order valence-corrected chi connectivity index (χ3v) is 22.9. The Bertz CT molecular complexity index is 3860. The lowest BCUT2D eigenvalue weighted by atomic mass is 9.70. The van der Waals surface area contributed by atoms with Gasteiger partial charge < -0.3 is 41.7 Å². The van der Waals surface area contributed by atoms with Crippen molar-refractivity contribution in [2.75, 3.05) is 0 Å². The highest BCUT2D eigenvalue weighted by molar-refractivity contribution is 9.10. The van der Waals surface area contributed by atoms with Gasteiger partial charge >= 0.3 is 0 Å². The molecule has 1 aliphatic heterocycles. The summed E-state index contributed by atoms with van der Waals surface area (Å²) in [6.45, 7) is 30.1. The topological polar surface area (TPSA) is 166 Å². The van der Waals surface area contributed by atoms with Gasteiger partial charge in [-0.3, -0.25) is 0 Å². The summed E-state index contributed by atoms with van der Waals surface area (Å²) in [5, 5.41) is 49.1. The first-order valence-corrected chi connectivity index (χ1v) is 36.4. The number of allylic oxidation sites excluding steroid dienone is 1. The maximum absolute atomic E-state index is 13.1. The predicted octanol–water partition coefficient (Wildman–Crippen LogP) is 20.2. The first-order valence-electron chi connectivity index (χ1n) is 34.9. The van der Waals surface area contributed by atoms with Crippen LogP contribution in [0.4, 0.5) is 22.0 Å². The molecular weight excluding hydrogens is 1390 g/mol. The number of benzene rings is 7. The zero-order valence-electron chi connectivity index (χ0n) is 60.0. The van der Waals surface area contributed by atoms with Gasteiger partial charge in [0.05, 0.1) is 48.7 Å². The molecule has 8 aliphatic rings. The number of hydrogen-bond donors (Lipinski definition) is 7. The molecule has 9 atom stereocenters. The minimum atomic E-state index is -0.589. The fourth-order valence-corrected chi connectivity index (χ4v) is 16.6. The van der Waals surface area contributed by atoms with E-state index in [1.165, 1.54) is 52.6 Å². The van der Waals surface area contributed by atoms with Crippen molar-refractivity contribution in [1.82, 2.24) is 0 Å². The second-order valence-corrected chi connectivity index (χ2v) is 34.8. The highest BCUT2D eigenvalue weighted by Crippen LogP contribution is 2.54. The second-order valence-electron chi connectivity index (χ2n) is 33.0. The van der Waals surface area contributed by atoms with Crippen molar-refractivity contribution < 1.29 is 52.2 Å². The molecule has 15 heteroatoms. The predicted molar refractivity (Wildman–Crippen MR) is 395 cm³/mol. The summed E-state index contributed by atoms with van der Waals surface area (Å²) in [6.07, 6.45) is 11.1. The summed E-state index contributed by atoms with van der Waals surface area (Å²) in [6, 6.07) is 35.8. The van der Waals surface area contributed by atoms with E-state index in [-0.39, 0.29) is 85.2 Å². The Kier molecular flexibility index (Phi) is 23.6. The summed E-state index contributed by atoms with van der Waals surface area (Å²) < 4.78 is 72.8. The van der Waals surface area contributed by atoms with Crippen molar-refractivity contribution >= 4 is 37.9 Å². The van der Waals surface area contributed by atoms with E-state index in [4.69, 9.17) is 16.2 Å². The summed E-state index contributed by atoms with van der Waals surface area (Å²) in [5.74, 6) is -1.09. The monoisotopic (exact) mass is 1490 g/mol. The van der Waals surface area contributed by atoms with E-state index in [9.17, 15) is 47.5 Å². The van der Waals surface area contributed by atoms with Gasteiger partial charge in [0.1, 0.15) is 35.2 Å². The Labute approximate surface area is 601 Å². The van der Waals surface area contributed by atoms with Crippen LogP contribution in [0.3, 0.4) is 0 Å². The molecule has 1 saturated heterocycles. The number of rotatable bonds is 0. The number of ether oxygens (including phenoxy) is 1. The van der Waals surface area contributed by atoms with Gasteiger partial charge in [-0.2, -0.15) is 0 Å². The lowest BCUT2D eigenvalue weighted by Gasteiger charge is -2.39.